The molecule has 1 fully saturated rings. The van der Waals surface area contributed by atoms with Crippen LogP contribution < -0.4 is 10.1 Å². The van der Waals surface area contributed by atoms with Gasteiger partial charge >= 0.3 is 0 Å². The molecule has 0 spiro atoms. The molecule has 156 valence electrons. The van der Waals surface area contributed by atoms with Gasteiger partial charge in [0, 0.05) is 12.5 Å². The normalized spacial score (nSPS) is 18.9. The molecule has 0 radical (unpaired) electrons. The van der Waals surface area contributed by atoms with Crippen LogP contribution in [0.5, 0.6) is 5.75 Å². The Morgan fingerprint density at radius 2 is 2.17 bits per heavy atom. The Kier molecular flexibility index (Phi) is 6.46. The molecule has 1 aliphatic heterocycles. The summed E-state index contributed by atoms with van der Waals surface area (Å²) < 4.78 is 20.8. The van der Waals surface area contributed by atoms with Gasteiger partial charge in [0.15, 0.2) is 5.69 Å². The molecule has 1 N–H and O–H groups in total. The van der Waals surface area contributed by atoms with Crippen LogP contribution in [0.3, 0.4) is 0 Å². The first kappa shape index (κ1) is 20.8. The number of rotatable bonds is 7. The number of likely N-dealkylation sites (tertiary alicyclic amines) is 1. The van der Waals surface area contributed by atoms with Crippen molar-refractivity contribution in [1.29, 1.82) is 0 Å². The lowest BCUT2D eigenvalue weighted by atomic mass is 10.1. The lowest BCUT2D eigenvalue weighted by Gasteiger charge is -2.24. The first-order chi connectivity index (χ1) is 13.9. The molecule has 1 aromatic heterocycles. The van der Waals surface area contributed by atoms with Gasteiger partial charge in [0.2, 0.25) is 5.91 Å². The highest BCUT2D eigenvalue weighted by Gasteiger charge is 2.35. The standard InChI is InChI=1S/C20H26FN5O3/c1-13(2)22-20(28)18-12-25(24-23-18)11-16-9-15(21)10-26(16)19(27)8-14-5-4-6-17(7-14)29-3/h4-7,12-13,15-16H,8-11H2,1-3H3,(H,22,28)/t15-,16-/m0/s1. The van der Waals surface area contributed by atoms with Crippen LogP contribution in [0, 0.1) is 0 Å². The second-order valence-corrected chi connectivity index (χ2v) is 7.52. The van der Waals surface area contributed by atoms with Crippen LogP contribution in [-0.2, 0) is 17.8 Å². The maximum atomic E-state index is 14.1. The summed E-state index contributed by atoms with van der Waals surface area (Å²) in [5.74, 6) is 0.208. The van der Waals surface area contributed by atoms with Crippen LogP contribution in [0.25, 0.3) is 0 Å². The Morgan fingerprint density at radius 1 is 1.38 bits per heavy atom. The Balaban J connectivity index is 1.66. The highest BCUT2D eigenvalue weighted by Crippen LogP contribution is 2.23. The number of hydrogen-bond acceptors (Lipinski definition) is 5. The van der Waals surface area contributed by atoms with Crippen molar-refractivity contribution in [3.63, 3.8) is 0 Å². The molecular formula is C20H26FN5O3. The molecule has 1 aromatic carbocycles. The van der Waals surface area contributed by atoms with Gasteiger partial charge in [-0.05, 0) is 31.5 Å². The van der Waals surface area contributed by atoms with E-state index in [-0.39, 0.29) is 55.5 Å². The Labute approximate surface area is 169 Å². The van der Waals surface area contributed by atoms with Crippen molar-refractivity contribution in [1.82, 2.24) is 25.2 Å². The maximum absolute atomic E-state index is 14.1. The number of amides is 2. The van der Waals surface area contributed by atoms with Gasteiger partial charge in [-0.1, -0.05) is 17.3 Å². The molecule has 2 aromatic rings. The summed E-state index contributed by atoms with van der Waals surface area (Å²) in [6.45, 7) is 4.05. The highest BCUT2D eigenvalue weighted by atomic mass is 19.1. The quantitative estimate of drug-likeness (QED) is 0.759. The smallest absolute Gasteiger partial charge is 0.273 e. The van der Waals surface area contributed by atoms with Gasteiger partial charge in [-0.2, -0.15) is 0 Å². The van der Waals surface area contributed by atoms with Crippen molar-refractivity contribution in [2.45, 2.75) is 51.5 Å². The zero-order valence-electron chi connectivity index (χ0n) is 16.8. The Hall–Kier alpha value is -2.97. The van der Waals surface area contributed by atoms with Gasteiger partial charge < -0.3 is 15.0 Å². The highest BCUT2D eigenvalue weighted by molar-refractivity contribution is 5.92. The summed E-state index contributed by atoms with van der Waals surface area (Å²) >= 11 is 0. The molecule has 1 aliphatic rings. The fourth-order valence-corrected chi connectivity index (χ4v) is 3.44. The van der Waals surface area contributed by atoms with Crippen LogP contribution >= 0.6 is 0 Å². The summed E-state index contributed by atoms with van der Waals surface area (Å²) in [6, 6.07) is 6.91. The lowest BCUT2D eigenvalue weighted by molar-refractivity contribution is -0.131. The Bertz CT molecular complexity index is 869. The molecule has 8 nitrogen and oxygen atoms in total. The first-order valence-corrected chi connectivity index (χ1v) is 9.63. The van der Waals surface area contributed by atoms with E-state index in [4.69, 9.17) is 4.74 Å². The molecule has 2 atom stereocenters. The summed E-state index contributed by atoms with van der Waals surface area (Å²) in [6.07, 6.45) is 0.840. The lowest BCUT2D eigenvalue weighted by Crippen LogP contribution is -2.39. The number of halogens is 1. The van der Waals surface area contributed by atoms with Gasteiger partial charge in [-0.15, -0.1) is 5.10 Å². The van der Waals surface area contributed by atoms with Crippen molar-refractivity contribution in [2.75, 3.05) is 13.7 Å². The minimum Gasteiger partial charge on any atom is -0.497 e. The van der Waals surface area contributed by atoms with Crippen LogP contribution in [-0.4, -0.2) is 63.6 Å². The van der Waals surface area contributed by atoms with Gasteiger partial charge in [-0.25, -0.2) is 9.07 Å². The Morgan fingerprint density at radius 3 is 2.90 bits per heavy atom. The number of ether oxygens (including phenoxy) is 1. The van der Waals surface area contributed by atoms with E-state index >= 15 is 0 Å². The number of carbonyl (C=O) groups excluding carboxylic acids is 2. The van der Waals surface area contributed by atoms with E-state index in [1.807, 2.05) is 32.0 Å². The van der Waals surface area contributed by atoms with Crippen molar-refractivity contribution in [3.8, 4) is 5.75 Å². The van der Waals surface area contributed by atoms with Crippen molar-refractivity contribution in [2.24, 2.45) is 0 Å². The third-order valence-corrected chi connectivity index (χ3v) is 4.76. The zero-order chi connectivity index (χ0) is 21.0. The van der Waals surface area contributed by atoms with E-state index in [0.29, 0.717) is 5.75 Å². The fourth-order valence-electron chi connectivity index (χ4n) is 3.44. The van der Waals surface area contributed by atoms with Crippen molar-refractivity contribution in [3.05, 3.63) is 41.7 Å². The van der Waals surface area contributed by atoms with E-state index in [1.165, 1.54) is 10.9 Å². The molecule has 0 unspecified atom stereocenters. The van der Waals surface area contributed by atoms with Gasteiger partial charge in [0.25, 0.3) is 5.91 Å². The van der Waals surface area contributed by atoms with E-state index in [2.05, 4.69) is 15.6 Å². The largest absolute Gasteiger partial charge is 0.497 e. The minimum absolute atomic E-state index is 0.0144. The van der Waals surface area contributed by atoms with E-state index in [1.54, 1.807) is 18.1 Å². The number of alkyl halides is 1. The molecule has 2 heterocycles. The average molecular weight is 403 g/mol. The van der Waals surface area contributed by atoms with Crippen LogP contribution in [0.4, 0.5) is 4.39 Å². The molecule has 29 heavy (non-hydrogen) atoms. The molecule has 2 amide bonds. The third-order valence-electron chi connectivity index (χ3n) is 4.76. The number of nitrogens with zero attached hydrogens (tertiary/aromatic N) is 4. The monoisotopic (exact) mass is 403 g/mol. The van der Waals surface area contributed by atoms with Crippen LogP contribution in [0.1, 0.15) is 36.3 Å². The summed E-state index contributed by atoms with van der Waals surface area (Å²) in [4.78, 5) is 26.4. The third kappa shape index (κ3) is 5.30. The number of benzene rings is 1. The molecule has 1 saturated heterocycles. The molecule has 9 heteroatoms. The number of aromatic nitrogens is 3. The van der Waals surface area contributed by atoms with Gasteiger partial charge in [0.1, 0.15) is 11.9 Å². The fraction of sp³-hybridized carbons (Fsp3) is 0.500. The molecule has 3 rings (SSSR count). The molecule has 0 aliphatic carbocycles. The number of carbonyl (C=O) groups is 2. The summed E-state index contributed by atoms with van der Waals surface area (Å²) in [5.41, 5.74) is 1.01. The molecular weight excluding hydrogens is 377 g/mol. The topological polar surface area (TPSA) is 89.4 Å². The van der Waals surface area contributed by atoms with Gasteiger partial charge in [0.05, 0.1) is 38.9 Å². The molecule has 0 bridgehead atoms. The molecule has 0 saturated carbocycles. The number of nitrogens with one attached hydrogen (secondary N) is 1. The SMILES string of the molecule is COc1cccc(CC(=O)N2C[C@@H](F)C[C@H]2Cn2cc(C(=O)NC(C)C)nn2)c1. The number of methoxy groups -OCH3 is 1. The minimum atomic E-state index is -1.08. The summed E-state index contributed by atoms with van der Waals surface area (Å²) in [7, 11) is 1.57. The van der Waals surface area contributed by atoms with Crippen LogP contribution in [0.15, 0.2) is 30.5 Å². The first-order valence-electron chi connectivity index (χ1n) is 9.63. The second kappa shape index (κ2) is 9.02. The predicted molar refractivity (Wildman–Crippen MR) is 104 cm³/mol. The predicted octanol–water partition coefficient (Wildman–Crippen LogP) is 1.61. The summed E-state index contributed by atoms with van der Waals surface area (Å²) in [5, 5.41) is 10.6. The maximum Gasteiger partial charge on any atom is 0.273 e. The van der Waals surface area contributed by atoms with E-state index < -0.39 is 6.17 Å². The van der Waals surface area contributed by atoms with Crippen LogP contribution in [0.2, 0.25) is 0 Å². The second-order valence-electron chi connectivity index (χ2n) is 7.52. The number of hydrogen-bond donors (Lipinski definition) is 1. The van der Waals surface area contributed by atoms with Crippen molar-refractivity contribution >= 4 is 11.8 Å². The van der Waals surface area contributed by atoms with Crippen molar-refractivity contribution < 1.29 is 18.7 Å². The zero-order valence-corrected chi connectivity index (χ0v) is 16.8. The van der Waals surface area contributed by atoms with E-state index in [0.717, 1.165) is 5.56 Å². The average Bonchev–Trinajstić information content (AvgIpc) is 3.28. The van der Waals surface area contributed by atoms with E-state index in [9.17, 15) is 14.0 Å². The van der Waals surface area contributed by atoms with Gasteiger partial charge in [-0.3, -0.25) is 9.59 Å².